The number of hydrogen-bond acceptors (Lipinski definition) is 4. The molecule has 6 nitrogen and oxygen atoms in total. The van der Waals surface area contributed by atoms with Gasteiger partial charge in [0, 0.05) is 27.6 Å². The number of piperidine rings is 1. The first-order valence-electron chi connectivity index (χ1n) is 7.18. The van der Waals surface area contributed by atoms with Gasteiger partial charge in [0.2, 0.25) is 15.9 Å². The first-order valence-corrected chi connectivity index (χ1v) is 8.79. The summed E-state index contributed by atoms with van der Waals surface area (Å²) in [7, 11) is 0.0758. The van der Waals surface area contributed by atoms with Crippen LogP contribution in [0.15, 0.2) is 0 Å². The van der Waals surface area contributed by atoms with Gasteiger partial charge in [-0.15, -0.1) is 0 Å². The molecule has 0 aromatic heterocycles. The van der Waals surface area contributed by atoms with Crippen molar-refractivity contribution in [2.24, 2.45) is 5.92 Å². The number of hydrogen-bond donors (Lipinski definition) is 1. The molecular formula is C13H27N3O3S. The molecule has 0 spiro atoms. The zero-order chi connectivity index (χ0) is 15.2. The Kier molecular flexibility index (Phi) is 6.91. The van der Waals surface area contributed by atoms with Gasteiger partial charge in [0.15, 0.2) is 0 Å². The Morgan fingerprint density at radius 1 is 1.30 bits per heavy atom. The predicted octanol–water partition coefficient (Wildman–Crippen LogP) is 0.116. The standard InChI is InChI=1S/C13H27N3O3S/c1-12(17)14-11-13-5-8-16(9-6-13)7-4-10-20(18,19)15(2)3/h13H,4-11H2,1-3H3,(H,14,17). The number of carbonyl (C=O) groups is 1. The summed E-state index contributed by atoms with van der Waals surface area (Å²) >= 11 is 0. The Morgan fingerprint density at radius 2 is 1.90 bits per heavy atom. The summed E-state index contributed by atoms with van der Waals surface area (Å²) in [5, 5.41) is 2.86. The van der Waals surface area contributed by atoms with Crippen molar-refractivity contribution < 1.29 is 13.2 Å². The van der Waals surface area contributed by atoms with Crippen molar-refractivity contribution in [3.63, 3.8) is 0 Å². The minimum Gasteiger partial charge on any atom is -0.356 e. The van der Waals surface area contributed by atoms with Crippen LogP contribution in [0.1, 0.15) is 26.2 Å². The smallest absolute Gasteiger partial charge is 0.216 e. The molecule has 1 saturated heterocycles. The zero-order valence-corrected chi connectivity index (χ0v) is 13.6. The molecule has 0 bridgehead atoms. The largest absolute Gasteiger partial charge is 0.356 e. The molecule has 20 heavy (non-hydrogen) atoms. The van der Waals surface area contributed by atoms with Gasteiger partial charge in [-0.25, -0.2) is 12.7 Å². The van der Waals surface area contributed by atoms with E-state index in [4.69, 9.17) is 0 Å². The molecule has 1 N–H and O–H groups in total. The molecule has 118 valence electrons. The Morgan fingerprint density at radius 3 is 2.40 bits per heavy atom. The summed E-state index contributed by atoms with van der Waals surface area (Å²) in [5.41, 5.74) is 0. The second-order valence-corrected chi connectivity index (χ2v) is 7.98. The molecule has 1 rings (SSSR count). The maximum atomic E-state index is 11.6. The number of likely N-dealkylation sites (tertiary alicyclic amines) is 1. The molecule has 0 radical (unpaired) electrons. The summed E-state index contributed by atoms with van der Waals surface area (Å²) in [6, 6.07) is 0. The maximum absolute atomic E-state index is 11.6. The lowest BCUT2D eigenvalue weighted by atomic mass is 9.97. The summed E-state index contributed by atoms with van der Waals surface area (Å²) in [6.07, 6.45) is 2.82. The first-order chi connectivity index (χ1) is 9.31. The molecule has 0 aromatic rings. The van der Waals surface area contributed by atoms with Gasteiger partial charge in [-0.1, -0.05) is 0 Å². The van der Waals surface area contributed by atoms with Crippen molar-refractivity contribution in [1.29, 1.82) is 0 Å². The quantitative estimate of drug-likeness (QED) is 0.725. The van der Waals surface area contributed by atoms with Crippen LogP contribution in [-0.2, 0) is 14.8 Å². The van der Waals surface area contributed by atoms with E-state index in [1.54, 1.807) is 21.0 Å². The fraction of sp³-hybridized carbons (Fsp3) is 0.923. The predicted molar refractivity (Wildman–Crippen MR) is 79.9 cm³/mol. The third-order valence-corrected chi connectivity index (χ3v) is 5.70. The minimum atomic E-state index is -3.07. The lowest BCUT2D eigenvalue weighted by Crippen LogP contribution is -2.39. The number of sulfonamides is 1. The minimum absolute atomic E-state index is 0.0290. The Bertz CT molecular complexity index is 401. The first kappa shape index (κ1) is 17.4. The van der Waals surface area contributed by atoms with Gasteiger partial charge < -0.3 is 10.2 Å². The lowest BCUT2D eigenvalue weighted by molar-refractivity contribution is -0.119. The highest BCUT2D eigenvalue weighted by Gasteiger charge is 2.20. The van der Waals surface area contributed by atoms with Gasteiger partial charge >= 0.3 is 0 Å². The number of carbonyl (C=O) groups excluding carboxylic acids is 1. The summed E-state index contributed by atoms with van der Waals surface area (Å²) in [4.78, 5) is 13.2. The monoisotopic (exact) mass is 305 g/mol. The van der Waals surface area contributed by atoms with Gasteiger partial charge in [-0.3, -0.25) is 4.79 Å². The fourth-order valence-corrected chi connectivity index (χ4v) is 3.21. The van der Waals surface area contributed by atoms with E-state index < -0.39 is 10.0 Å². The number of rotatable bonds is 7. The molecule has 1 aliphatic heterocycles. The Labute approximate surface area is 122 Å². The molecule has 0 aromatic carbocycles. The molecule has 0 atom stereocenters. The zero-order valence-electron chi connectivity index (χ0n) is 12.8. The summed E-state index contributed by atoms with van der Waals surface area (Å²) in [5.74, 6) is 0.799. The van der Waals surface area contributed by atoms with Crippen molar-refractivity contribution in [2.75, 3.05) is 46.0 Å². The molecule has 0 unspecified atom stereocenters. The number of amides is 1. The van der Waals surface area contributed by atoms with Crippen LogP contribution in [0.5, 0.6) is 0 Å². The average Bonchev–Trinajstić information content (AvgIpc) is 2.37. The van der Waals surface area contributed by atoms with Crippen molar-refractivity contribution in [3.05, 3.63) is 0 Å². The van der Waals surface area contributed by atoms with E-state index in [0.29, 0.717) is 12.3 Å². The molecule has 7 heteroatoms. The second kappa shape index (κ2) is 7.95. The molecule has 1 amide bonds. The molecule has 1 fully saturated rings. The van der Waals surface area contributed by atoms with Crippen LogP contribution in [0.3, 0.4) is 0 Å². The Balaban J connectivity index is 2.18. The van der Waals surface area contributed by atoms with Crippen LogP contribution in [0.4, 0.5) is 0 Å². The number of nitrogens with zero attached hydrogens (tertiary/aromatic N) is 2. The van der Waals surface area contributed by atoms with Crippen molar-refractivity contribution in [2.45, 2.75) is 26.2 Å². The normalized spacial score (nSPS) is 18.4. The molecule has 1 heterocycles. The van der Waals surface area contributed by atoms with Crippen molar-refractivity contribution >= 4 is 15.9 Å². The van der Waals surface area contributed by atoms with Gasteiger partial charge in [-0.05, 0) is 44.8 Å². The average molecular weight is 305 g/mol. The topological polar surface area (TPSA) is 69.7 Å². The van der Waals surface area contributed by atoms with Gasteiger partial charge in [0.05, 0.1) is 5.75 Å². The van der Waals surface area contributed by atoms with Gasteiger partial charge in [-0.2, -0.15) is 0 Å². The second-order valence-electron chi connectivity index (χ2n) is 5.67. The third kappa shape index (κ3) is 6.19. The summed E-state index contributed by atoms with van der Waals surface area (Å²) < 4.78 is 24.6. The van der Waals surface area contributed by atoms with Crippen LogP contribution in [0.2, 0.25) is 0 Å². The van der Waals surface area contributed by atoms with Crippen LogP contribution >= 0.6 is 0 Å². The van der Waals surface area contributed by atoms with Crippen LogP contribution < -0.4 is 5.32 Å². The lowest BCUT2D eigenvalue weighted by Gasteiger charge is -2.32. The van der Waals surface area contributed by atoms with E-state index >= 15 is 0 Å². The number of nitrogens with one attached hydrogen (secondary N) is 1. The van der Waals surface area contributed by atoms with Crippen LogP contribution in [0, 0.1) is 5.92 Å². The van der Waals surface area contributed by atoms with E-state index in [0.717, 1.165) is 39.0 Å². The van der Waals surface area contributed by atoms with E-state index in [-0.39, 0.29) is 11.7 Å². The van der Waals surface area contributed by atoms with E-state index in [1.807, 2.05) is 0 Å². The highest BCUT2D eigenvalue weighted by atomic mass is 32.2. The van der Waals surface area contributed by atoms with Crippen LogP contribution in [0.25, 0.3) is 0 Å². The van der Waals surface area contributed by atoms with Crippen molar-refractivity contribution in [3.8, 4) is 0 Å². The highest BCUT2D eigenvalue weighted by molar-refractivity contribution is 7.89. The fourth-order valence-electron chi connectivity index (χ4n) is 2.36. The maximum Gasteiger partial charge on any atom is 0.216 e. The molecular weight excluding hydrogens is 278 g/mol. The van der Waals surface area contributed by atoms with E-state index in [2.05, 4.69) is 10.2 Å². The third-order valence-electron chi connectivity index (χ3n) is 3.78. The van der Waals surface area contributed by atoms with E-state index in [9.17, 15) is 13.2 Å². The molecule has 0 aliphatic carbocycles. The van der Waals surface area contributed by atoms with Crippen molar-refractivity contribution in [1.82, 2.24) is 14.5 Å². The van der Waals surface area contributed by atoms with E-state index in [1.165, 1.54) is 4.31 Å². The molecule has 1 aliphatic rings. The summed E-state index contributed by atoms with van der Waals surface area (Å²) in [6.45, 7) is 5.12. The highest BCUT2D eigenvalue weighted by Crippen LogP contribution is 2.16. The Hall–Kier alpha value is -0.660. The van der Waals surface area contributed by atoms with Crippen LogP contribution in [-0.4, -0.2) is 69.6 Å². The SMILES string of the molecule is CC(=O)NCC1CCN(CCCS(=O)(=O)N(C)C)CC1. The molecule has 0 saturated carbocycles. The van der Waals surface area contributed by atoms with Gasteiger partial charge in [0.25, 0.3) is 0 Å². The van der Waals surface area contributed by atoms with Gasteiger partial charge in [0.1, 0.15) is 0 Å².